The van der Waals surface area contributed by atoms with Crippen LogP contribution in [0.25, 0.3) is 11.1 Å². The quantitative estimate of drug-likeness (QED) is 0.817. The maximum absolute atomic E-state index is 14.0. The maximum atomic E-state index is 14.0. The minimum absolute atomic E-state index is 0.355. The molecule has 2 nitrogen and oxygen atoms in total. The molecule has 18 heavy (non-hydrogen) atoms. The lowest BCUT2D eigenvalue weighted by molar-refractivity contribution is -0.0561. The minimum atomic E-state index is -1.48. The zero-order valence-electron chi connectivity index (χ0n) is 10.0. The van der Waals surface area contributed by atoms with Gasteiger partial charge in [-0.1, -0.05) is 49.4 Å². The van der Waals surface area contributed by atoms with Gasteiger partial charge >= 0.3 is 0 Å². The van der Waals surface area contributed by atoms with E-state index in [1.54, 1.807) is 19.1 Å². The number of rotatable bonds is 3. The van der Waals surface area contributed by atoms with Gasteiger partial charge in [0, 0.05) is 11.5 Å². The van der Waals surface area contributed by atoms with Crippen LogP contribution in [0.1, 0.15) is 18.4 Å². The molecule has 0 saturated heterocycles. The second-order valence-electron chi connectivity index (χ2n) is 4.31. The van der Waals surface area contributed by atoms with E-state index in [0.29, 0.717) is 11.1 Å². The smallest absolute Gasteiger partial charge is 0.158 e. The molecule has 2 N–H and O–H groups in total. The Labute approximate surface area is 105 Å². The molecule has 0 aliphatic heterocycles. The van der Waals surface area contributed by atoms with Crippen LogP contribution in [0.4, 0.5) is 4.39 Å². The molecule has 0 fully saturated rings. The van der Waals surface area contributed by atoms with Gasteiger partial charge in [0.2, 0.25) is 0 Å². The Bertz CT molecular complexity index is 523. The van der Waals surface area contributed by atoms with Crippen molar-refractivity contribution in [2.75, 3.05) is 0 Å². The van der Waals surface area contributed by atoms with Crippen molar-refractivity contribution in [3.8, 4) is 11.1 Å². The van der Waals surface area contributed by atoms with Crippen LogP contribution in [-0.2, 0) is 0 Å². The monoisotopic (exact) mass is 246 g/mol. The molecule has 2 aromatic rings. The summed E-state index contributed by atoms with van der Waals surface area (Å²) in [5, 5.41) is 18.2. The van der Waals surface area contributed by atoms with Crippen LogP contribution in [0, 0.1) is 5.82 Å². The molecule has 0 aromatic heterocycles. The van der Waals surface area contributed by atoms with Crippen LogP contribution < -0.4 is 0 Å². The molecule has 0 amide bonds. The van der Waals surface area contributed by atoms with Gasteiger partial charge in [-0.15, -0.1) is 0 Å². The molecular weight excluding hydrogens is 231 g/mol. The summed E-state index contributed by atoms with van der Waals surface area (Å²) in [6, 6.07) is 14.0. The third-order valence-electron chi connectivity index (χ3n) is 3.05. The largest absolute Gasteiger partial charge is 0.368 e. The van der Waals surface area contributed by atoms with E-state index in [-0.39, 0.29) is 5.82 Å². The van der Waals surface area contributed by atoms with Gasteiger partial charge in [-0.25, -0.2) is 4.39 Å². The zero-order chi connectivity index (χ0) is 13.1. The number of hydrogen-bond acceptors (Lipinski definition) is 2. The third kappa shape index (κ3) is 2.58. The fourth-order valence-corrected chi connectivity index (χ4v) is 1.84. The number of aliphatic hydroxyl groups excluding tert-OH is 1. The molecule has 94 valence electrons. The lowest BCUT2D eigenvalue weighted by Gasteiger charge is -2.15. The third-order valence-corrected chi connectivity index (χ3v) is 3.05. The molecule has 3 heteroatoms. The average molecular weight is 246 g/mol. The van der Waals surface area contributed by atoms with Gasteiger partial charge in [0.25, 0.3) is 0 Å². The van der Waals surface area contributed by atoms with E-state index in [0.717, 1.165) is 5.56 Å². The summed E-state index contributed by atoms with van der Waals surface area (Å²) in [7, 11) is 0. The summed E-state index contributed by atoms with van der Waals surface area (Å²) in [5.74, 6) is -0.865. The van der Waals surface area contributed by atoms with Gasteiger partial charge in [0.1, 0.15) is 5.82 Å². The highest BCUT2D eigenvalue weighted by atomic mass is 19.1. The predicted molar refractivity (Wildman–Crippen MR) is 68.5 cm³/mol. The molecular formula is C15H15FO2. The summed E-state index contributed by atoms with van der Waals surface area (Å²) in [5.41, 5.74) is 1.89. The van der Waals surface area contributed by atoms with Gasteiger partial charge in [0.05, 0.1) is 0 Å². The van der Waals surface area contributed by atoms with E-state index in [1.165, 1.54) is 6.07 Å². The number of aliphatic hydroxyl groups is 2. The average Bonchev–Trinajstić information content (AvgIpc) is 2.38. The molecule has 1 unspecified atom stereocenters. The molecule has 2 aromatic carbocycles. The summed E-state index contributed by atoms with van der Waals surface area (Å²) in [6.07, 6.45) is -1.48. The Morgan fingerprint density at radius 1 is 1.00 bits per heavy atom. The first-order valence-corrected chi connectivity index (χ1v) is 5.80. The molecule has 0 bridgehead atoms. The molecule has 0 spiro atoms. The van der Waals surface area contributed by atoms with Crippen LogP contribution >= 0.6 is 0 Å². The predicted octanol–water partition coefficient (Wildman–Crippen LogP) is 2.91. The van der Waals surface area contributed by atoms with Crippen molar-refractivity contribution in [2.24, 2.45) is 0 Å². The van der Waals surface area contributed by atoms with Gasteiger partial charge in [-0.05, 0) is 17.2 Å². The summed E-state index contributed by atoms with van der Waals surface area (Å²) in [6.45, 7) is 1.64. The highest BCUT2D eigenvalue weighted by Gasteiger charge is 2.15. The van der Waals surface area contributed by atoms with Crippen LogP contribution in [0.5, 0.6) is 0 Å². The lowest BCUT2D eigenvalue weighted by Crippen LogP contribution is -2.14. The van der Waals surface area contributed by atoms with E-state index in [1.807, 2.05) is 30.3 Å². The zero-order valence-corrected chi connectivity index (χ0v) is 10.0. The van der Waals surface area contributed by atoms with Crippen LogP contribution in [0.3, 0.4) is 0 Å². The van der Waals surface area contributed by atoms with Crippen LogP contribution in [0.2, 0.25) is 0 Å². The standard InChI is InChI=1S/C15H15FO2/c1-10(15(17)18)12-7-8-13(14(16)9-12)11-5-3-2-4-6-11/h2-10,15,17-18H,1H3. The Morgan fingerprint density at radius 2 is 1.67 bits per heavy atom. The Morgan fingerprint density at radius 3 is 2.22 bits per heavy atom. The van der Waals surface area contributed by atoms with E-state index in [9.17, 15) is 4.39 Å². The van der Waals surface area contributed by atoms with Gasteiger partial charge in [-0.2, -0.15) is 0 Å². The van der Waals surface area contributed by atoms with E-state index in [2.05, 4.69) is 0 Å². The van der Waals surface area contributed by atoms with Crippen LogP contribution in [-0.4, -0.2) is 16.5 Å². The van der Waals surface area contributed by atoms with Gasteiger partial charge in [0.15, 0.2) is 6.29 Å². The van der Waals surface area contributed by atoms with Crippen molar-refractivity contribution in [1.29, 1.82) is 0 Å². The SMILES string of the molecule is CC(c1ccc(-c2ccccc2)c(F)c1)C(O)O. The van der Waals surface area contributed by atoms with E-state index < -0.39 is 12.2 Å². The van der Waals surface area contributed by atoms with E-state index >= 15 is 0 Å². The normalized spacial score (nSPS) is 12.7. The minimum Gasteiger partial charge on any atom is -0.368 e. The molecule has 2 rings (SSSR count). The Balaban J connectivity index is 2.37. The molecule has 0 aliphatic rings. The van der Waals surface area contributed by atoms with Crippen molar-refractivity contribution >= 4 is 0 Å². The first-order valence-electron chi connectivity index (χ1n) is 5.80. The van der Waals surface area contributed by atoms with Crippen LogP contribution in [0.15, 0.2) is 48.5 Å². The van der Waals surface area contributed by atoms with Crippen molar-refractivity contribution in [3.05, 3.63) is 59.9 Å². The molecule has 0 heterocycles. The number of hydrogen-bond donors (Lipinski definition) is 2. The fourth-order valence-electron chi connectivity index (χ4n) is 1.84. The fraction of sp³-hybridized carbons (Fsp3) is 0.200. The number of halogens is 1. The summed E-state index contributed by atoms with van der Waals surface area (Å²) in [4.78, 5) is 0. The second-order valence-corrected chi connectivity index (χ2v) is 4.31. The number of benzene rings is 2. The molecule has 0 radical (unpaired) electrons. The lowest BCUT2D eigenvalue weighted by atomic mass is 9.96. The Hall–Kier alpha value is -1.71. The van der Waals surface area contributed by atoms with Gasteiger partial charge in [-0.3, -0.25) is 0 Å². The summed E-state index contributed by atoms with van der Waals surface area (Å²) >= 11 is 0. The highest BCUT2D eigenvalue weighted by molar-refractivity contribution is 5.64. The topological polar surface area (TPSA) is 40.5 Å². The second kappa shape index (κ2) is 5.29. The highest BCUT2D eigenvalue weighted by Crippen LogP contribution is 2.26. The van der Waals surface area contributed by atoms with Crippen molar-refractivity contribution in [2.45, 2.75) is 19.1 Å². The maximum Gasteiger partial charge on any atom is 0.158 e. The van der Waals surface area contributed by atoms with Crippen molar-refractivity contribution < 1.29 is 14.6 Å². The molecule has 0 aliphatic carbocycles. The van der Waals surface area contributed by atoms with Gasteiger partial charge < -0.3 is 10.2 Å². The first-order chi connectivity index (χ1) is 8.59. The molecule has 0 saturated carbocycles. The van der Waals surface area contributed by atoms with Crippen molar-refractivity contribution in [1.82, 2.24) is 0 Å². The van der Waals surface area contributed by atoms with Crippen molar-refractivity contribution in [3.63, 3.8) is 0 Å². The molecule has 1 atom stereocenters. The van der Waals surface area contributed by atoms with E-state index in [4.69, 9.17) is 10.2 Å². The Kier molecular flexibility index (Phi) is 3.75. The first kappa shape index (κ1) is 12.7. The summed E-state index contributed by atoms with van der Waals surface area (Å²) < 4.78 is 14.0.